The summed E-state index contributed by atoms with van der Waals surface area (Å²) < 4.78 is 2.81. The molecule has 0 atom stereocenters. The lowest BCUT2D eigenvalue weighted by molar-refractivity contribution is 0.658. The Morgan fingerprint density at radius 3 is 3.05 bits per heavy atom. The fourth-order valence-electron chi connectivity index (χ4n) is 1.81. The number of nitrogens with two attached hydrogens (primary N) is 1. The average molecular weight is 257 g/mol. The van der Waals surface area contributed by atoms with Gasteiger partial charge >= 0.3 is 5.69 Å². The van der Waals surface area contributed by atoms with Crippen LogP contribution in [0, 0.1) is 0 Å². The summed E-state index contributed by atoms with van der Waals surface area (Å²) in [6.07, 6.45) is 6.29. The summed E-state index contributed by atoms with van der Waals surface area (Å²) in [4.78, 5) is 20.0. The van der Waals surface area contributed by atoms with E-state index in [4.69, 9.17) is 5.84 Å². The van der Waals surface area contributed by atoms with Crippen molar-refractivity contribution in [1.29, 1.82) is 0 Å². The summed E-state index contributed by atoms with van der Waals surface area (Å²) in [6.45, 7) is 0.345. The van der Waals surface area contributed by atoms with Gasteiger partial charge in [-0.3, -0.25) is 4.98 Å². The molecule has 96 valence electrons. The number of anilines is 1. The van der Waals surface area contributed by atoms with Gasteiger partial charge in [-0.1, -0.05) is 0 Å². The molecule has 0 bridgehead atoms. The maximum atomic E-state index is 12.1. The minimum atomic E-state index is -0.212. The molecule has 0 aromatic carbocycles. The molecule has 0 aliphatic heterocycles. The molecule has 3 aromatic heterocycles. The van der Waals surface area contributed by atoms with Gasteiger partial charge in [0.15, 0.2) is 5.65 Å². The van der Waals surface area contributed by atoms with Gasteiger partial charge in [-0.25, -0.2) is 24.7 Å². The van der Waals surface area contributed by atoms with Crippen molar-refractivity contribution in [2.24, 2.45) is 5.84 Å². The van der Waals surface area contributed by atoms with Crippen LogP contribution in [0.15, 0.2) is 41.7 Å². The summed E-state index contributed by atoms with van der Waals surface area (Å²) in [5.41, 5.74) is 3.64. The van der Waals surface area contributed by atoms with Crippen LogP contribution in [-0.4, -0.2) is 24.1 Å². The maximum Gasteiger partial charge on any atom is 0.350 e. The highest BCUT2D eigenvalue weighted by Gasteiger charge is 2.07. The zero-order valence-electron chi connectivity index (χ0n) is 9.89. The zero-order chi connectivity index (χ0) is 13.2. The summed E-state index contributed by atoms with van der Waals surface area (Å²) >= 11 is 0. The van der Waals surface area contributed by atoms with Crippen LogP contribution in [0.2, 0.25) is 0 Å². The summed E-state index contributed by atoms with van der Waals surface area (Å²) in [5.74, 6) is 5.83. The van der Waals surface area contributed by atoms with E-state index in [9.17, 15) is 4.79 Å². The first kappa shape index (κ1) is 11.4. The van der Waals surface area contributed by atoms with Crippen molar-refractivity contribution < 1.29 is 0 Å². The molecule has 3 rings (SSSR count). The molecule has 0 unspecified atom stereocenters. The molecule has 0 radical (unpaired) electrons. The highest BCUT2D eigenvalue weighted by atomic mass is 16.2. The molecule has 3 heterocycles. The number of nitrogens with one attached hydrogen (secondary N) is 1. The van der Waals surface area contributed by atoms with Crippen LogP contribution in [-0.2, 0) is 6.54 Å². The predicted octanol–water partition coefficient (Wildman–Crippen LogP) is -0.380. The molecular weight excluding hydrogens is 246 g/mol. The fourth-order valence-corrected chi connectivity index (χ4v) is 1.81. The molecular formula is C11H11N7O. The van der Waals surface area contributed by atoms with E-state index in [-0.39, 0.29) is 5.69 Å². The first-order chi connectivity index (χ1) is 9.28. The van der Waals surface area contributed by atoms with Gasteiger partial charge in [0, 0.05) is 18.6 Å². The topological polar surface area (TPSA) is 103 Å². The minimum Gasteiger partial charge on any atom is -0.308 e. The standard InChI is InChI=1S/C11H11N7O/c12-15-9-5-8(1-2-14-9)7-18-11(19)17-4-3-13-6-10(17)16-18/h1-6H,7,12H2,(H,14,15). The largest absolute Gasteiger partial charge is 0.350 e. The quantitative estimate of drug-likeness (QED) is 0.489. The van der Waals surface area contributed by atoms with Gasteiger partial charge in [-0.2, -0.15) is 0 Å². The Morgan fingerprint density at radius 1 is 1.37 bits per heavy atom. The molecule has 0 saturated carbocycles. The number of hydrogen-bond donors (Lipinski definition) is 2. The lowest BCUT2D eigenvalue weighted by Crippen LogP contribution is -2.21. The van der Waals surface area contributed by atoms with Crippen LogP contribution in [0.3, 0.4) is 0 Å². The Kier molecular flexibility index (Phi) is 2.69. The SMILES string of the molecule is NNc1cc(Cn2nc3cnccn3c2=O)ccn1. The van der Waals surface area contributed by atoms with Gasteiger partial charge in [-0.15, -0.1) is 5.10 Å². The second-order valence-corrected chi connectivity index (χ2v) is 3.94. The number of hydrogen-bond acceptors (Lipinski definition) is 6. The van der Waals surface area contributed by atoms with Gasteiger partial charge < -0.3 is 5.43 Å². The summed E-state index contributed by atoms with van der Waals surface area (Å²) in [6, 6.07) is 3.56. The maximum absolute atomic E-state index is 12.1. The Labute approximate surface area is 107 Å². The molecule has 0 fully saturated rings. The molecule has 0 aliphatic rings. The van der Waals surface area contributed by atoms with Crippen LogP contribution >= 0.6 is 0 Å². The number of fused-ring (bicyclic) bond motifs is 1. The number of rotatable bonds is 3. The highest BCUT2D eigenvalue weighted by molar-refractivity contribution is 5.36. The van der Waals surface area contributed by atoms with Crippen molar-refractivity contribution in [3.63, 3.8) is 0 Å². The second-order valence-electron chi connectivity index (χ2n) is 3.94. The van der Waals surface area contributed by atoms with Crippen molar-refractivity contribution in [1.82, 2.24) is 24.1 Å². The predicted molar refractivity (Wildman–Crippen MR) is 68.4 cm³/mol. The molecule has 19 heavy (non-hydrogen) atoms. The van der Waals surface area contributed by atoms with Gasteiger partial charge in [0.25, 0.3) is 0 Å². The van der Waals surface area contributed by atoms with E-state index in [2.05, 4.69) is 20.5 Å². The Balaban J connectivity index is 2.01. The van der Waals surface area contributed by atoms with Crippen molar-refractivity contribution in [3.05, 3.63) is 53.0 Å². The van der Waals surface area contributed by atoms with Gasteiger partial charge in [-0.05, 0) is 17.7 Å². The van der Waals surface area contributed by atoms with Gasteiger partial charge in [0.2, 0.25) is 0 Å². The first-order valence-corrected chi connectivity index (χ1v) is 5.58. The molecule has 0 aliphatic carbocycles. The van der Waals surface area contributed by atoms with E-state index >= 15 is 0 Å². The third-order valence-electron chi connectivity index (χ3n) is 2.69. The van der Waals surface area contributed by atoms with Crippen LogP contribution in [0.25, 0.3) is 5.65 Å². The molecule has 0 amide bonds. The summed E-state index contributed by atoms with van der Waals surface area (Å²) in [5, 5.41) is 4.20. The smallest absolute Gasteiger partial charge is 0.308 e. The number of aromatic nitrogens is 5. The third-order valence-corrected chi connectivity index (χ3v) is 2.69. The molecule has 3 N–H and O–H groups in total. The lowest BCUT2D eigenvalue weighted by atomic mass is 10.2. The van der Waals surface area contributed by atoms with Gasteiger partial charge in [0.05, 0.1) is 12.7 Å². The fraction of sp³-hybridized carbons (Fsp3) is 0.0909. The van der Waals surface area contributed by atoms with Crippen molar-refractivity contribution in [3.8, 4) is 0 Å². The average Bonchev–Trinajstić information content (AvgIpc) is 2.76. The molecule has 0 saturated heterocycles. The first-order valence-electron chi connectivity index (χ1n) is 5.58. The molecule has 8 heteroatoms. The summed E-state index contributed by atoms with van der Waals surface area (Å²) in [7, 11) is 0. The lowest BCUT2D eigenvalue weighted by Gasteiger charge is -2.02. The Hall–Kier alpha value is -2.74. The van der Waals surface area contributed by atoms with Crippen LogP contribution in [0.5, 0.6) is 0 Å². The van der Waals surface area contributed by atoms with Gasteiger partial charge in [0.1, 0.15) is 5.82 Å². The Bertz CT molecular complexity index is 776. The third kappa shape index (κ3) is 2.04. The van der Waals surface area contributed by atoms with Crippen molar-refractivity contribution in [2.75, 3.05) is 5.43 Å². The van der Waals surface area contributed by atoms with E-state index in [1.165, 1.54) is 15.3 Å². The highest BCUT2D eigenvalue weighted by Crippen LogP contribution is 2.06. The number of nitrogen functional groups attached to an aromatic ring is 1. The Morgan fingerprint density at radius 2 is 2.26 bits per heavy atom. The molecule has 8 nitrogen and oxygen atoms in total. The second kappa shape index (κ2) is 4.50. The van der Waals surface area contributed by atoms with E-state index in [1.807, 2.05) is 0 Å². The number of pyridine rings is 1. The van der Waals surface area contributed by atoms with Crippen molar-refractivity contribution in [2.45, 2.75) is 6.54 Å². The molecule has 3 aromatic rings. The van der Waals surface area contributed by atoms with Crippen LogP contribution < -0.4 is 17.0 Å². The van der Waals surface area contributed by atoms with Crippen LogP contribution in [0.4, 0.5) is 5.82 Å². The van der Waals surface area contributed by atoms with E-state index < -0.39 is 0 Å². The van der Waals surface area contributed by atoms with Crippen molar-refractivity contribution >= 4 is 11.5 Å². The van der Waals surface area contributed by atoms with E-state index in [0.29, 0.717) is 18.0 Å². The minimum absolute atomic E-state index is 0.212. The van der Waals surface area contributed by atoms with E-state index in [1.54, 1.807) is 30.7 Å². The van der Waals surface area contributed by atoms with Crippen LogP contribution in [0.1, 0.15) is 5.56 Å². The zero-order valence-corrected chi connectivity index (χ0v) is 9.89. The number of hydrazine groups is 1. The monoisotopic (exact) mass is 257 g/mol. The normalized spacial score (nSPS) is 10.8. The molecule has 0 spiro atoms. The number of nitrogens with zero attached hydrogens (tertiary/aromatic N) is 5. The van der Waals surface area contributed by atoms with E-state index in [0.717, 1.165) is 5.56 Å².